The molecule has 1 aliphatic rings. The third-order valence-electron chi connectivity index (χ3n) is 2.56. The van der Waals surface area contributed by atoms with E-state index in [9.17, 15) is 4.79 Å². The quantitative estimate of drug-likeness (QED) is 0.603. The Hall–Kier alpha value is -0.610. The zero-order chi connectivity index (χ0) is 9.14. The number of carboxylic acids is 1. The summed E-state index contributed by atoms with van der Waals surface area (Å²) in [5.41, 5.74) is 0. The molecule has 0 spiro atoms. The number of hydrogen-bond donors (Lipinski definition) is 2. The first-order valence-corrected chi connectivity index (χ1v) is 4.25. The first-order chi connectivity index (χ1) is 5.65. The maximum Gasteiger partial charge on any atom is 0.320 e. The minimum absolute atomic E-state index is 0.309. The van der Waals surface area contributed by atoms with Gasteiger partial charge in [0.25, 0.3) is 0 Å². The van der Waals surface area contributed by atoms with Gasteiger partial charge >= 0.3 is 5.97 Å². The number of aliphatic carboxylic acids is 1. The Bertz CT molecular complexity index is 172. The van der Waals surface area contributed by atoms with Crippen LogP contribution in [0.2, 0.25) is 0 Å². The van der Waals surface area contributed by atoms with Gasteiger partial charge < -0.3 is 10.4 Å². The number of hydrogen-bond acceptors (Lipinski definition) is 3. The molecule has 1 rings (SSSR count). The average molecular weight is 172 g/mol. The van der Waals surface area contributed by atoms with E-state index in [2.05, 4.69) is 5.32 Å². The molecule has 0 saturated carbocycles. The second-order valence-corrected chi connectivity index (χ2v) is 3.34. The smallest absolute Gasteiger partial charge is 0.320 e. The highest BCUT2D eigenvalue weighted by Gasteiger charge is 2.29. The molecule has 4 heteroatoms. The third kappa shape index (κ3) is 1.95. The Kier molecular flexibility index (Phi) is 3.05. The predicted octanol–water partition coefficient (Wildman–Crippen LogP) is -0.247. The van der Waals surface area contributed by atoms with Crippen LogP contribution in [0.3, 0.4) is 0 Å². The van der Waals surface area contributed by atoms with Crippen LogP contribution in [-0.4, -0.2) is 48.7 Å². The lowest BCUT2D eigenvalue weighted by atomic mass is 9.98. The van der Waals surface area contributed by atoms with Gasteiger partial charge in [0.1, 0.15) is 6.04 Å². The molecule has 0 amide bonds. The summed E-state index contributed by atoms with van der Waals surface area (Å²) in [5.74, 6) is -0.711. The zero-order valence-corrected chi connectivity index (χ0v) is 7.58. The summed E-state index contributed by atoms with van der Waals surface area (Å²) in [4.78, 5) is 12.7. The standard InChI is InChI=1S/C8H16N2O2/c1-9-6-3-4-10(2)7(5-6)8(11)12/h6-7,9H,3-5H2,1-2H3,(H,11,12). The highest BCUT2D eigenvalue weighted by atomic mass is 16.4. The number of nitrogens with zero attached hydrogens (tertiary/aromatic N) is 1. The first-order valence-electron chi connectivity index (χ1n) is 4.25. The minimum atomic E-state index is -0.711. The lowest BCUT2D eigenvalue weighted by Gasteiger charge is -2.34. The lowest BCUT2D eigenvalue weighted by Crippen LogP contribution is -2.49. The van der Waals surface area contributed by atoms with Crippen molar-refractivity contribution in [2.75, 3.05) is 20.6 Å². The summed E-state index contributed by atoms with van der Waals surface area (Å²) in [6, 6.07) is 0.0542. The molecule has 1 heterocycles. The van der Waals surface area contributed by atoms with Crippen molar-refractivity contribution in [1.82, 2.24) is 10.2 Å². The van der Waals surface area contributed by atoms with Crippen molar-refractivity contribution in [3.63, 3.8) is 0 Å². The van der Waals surface area contributed by atoms with Crippen molar-refractivity contribution >= 4 is 5.97 Å². The zero-order valence-electron chi connectivity index (χ0n) is 7.58. The maximum atomic E-state index is 10.8. The fraction of sp³-hybridized carbons (Fsp3) is 0.875. The summed E-state index contributed by atoms with van der Waals surface area (Å²) < 4.78 is 0. The topological polar surface area (TPSA) is 52.6 Å². The Morgan fingerprint density at radius 1 is 1.67 bits per heavy atom. The molecule has 1 aliphatic heterocycles. The van der Waals surface area contributed by atoms with Gasteiger partial charge in [-0.15, -0.1) is 0 Å². The van der Waals surface area contributed by atoms with Crippen LogP contribution in [0.15, 0.2) is 0 Å². The molecule has 0 aromatic heterocycles. The number of nitrogens with one attached hydrogen (secondary N) is 1. The van der Waals surface area contributed by atoms with Crippen LogP contribution in [0, 0.1) is 0 Å². The Balaban J connectivity index is 2.53. The third-order valence-corrected chi connectivity index (χ3v) is 2.56. The van der Waals surface area contributed by atoms with Crippen LogP contribution < -0.4 is 5.32 Å². The molecule has 2 atom stereocenters. The van der Waals surface area contributed by atoms with Crippen LogP contribution in [0.1, 0.15) is 12.8 Å². The molecule has 2 unspecified atom stereocenters. The van der Waals surface area contributed by atoms with Crippen LogP contribution in [0.25, 0.3) is 0 Å². The van der Waals surface area contributed by atoms with Gasteiger partial charge in [0.2, 0.25) is 0 Å². The molecule has 2 N–H and O–H groups in total. The molecular formula is C8H16N2O2. The van der Waals surface area contributed by atoms with E-state index < -0.39 is 5.97 Å². The minimum Gasteiger partial charge on any atom is -0.480 e. The summed E-state index contributed by atoms with van der Waals surface area (Å²) in [6.45, 7) is 0.864. The first kappa shape index (κ1) is 9.48. The fourth-order valence-electron chi connectivity index (χ4n) is 1.63. The van der Waals surface area contributed by atoms with Crippen LogP contribution in [0.4, 0.5) is 0 Å². The normalized spacial score (nSPS) is 31.8. The Labute approximate surface area is 72.6 Å². The molecule has 0 radical (unpaired) electrons. The molecule has 12 heavy (non-hydrogen) atoms. The van der Waals surface area contributed by atoms with E-state index in [4.69, 9.17) is 5.11 Å². The van der Waals surface area contributed by atoms with Crippen LogP contribution in [0.5, 0.6) is 0 Å². The summed E-state index contributed by atoms with van der Waals surface area (Å²) in [7, 11) is 3.75. The van der Waals surface area contributed by atoms with Crippen molar-refractivity contribution in [3.05, 3.63) is 0 Å². The van der Waals surface area contributed by atoms with Crippen LogP contribution >= 0.6 is 0 Å². The van der Waals surface area contributed by atoms with E-state index in [-0.39, 0.29) is 6.04 Å². The van der Waals surface area contributed by atoms with Crippen molar-refractivity contribution in [2.45, 2.75) is 24.9 Å². The summed E-state index contributed by atoms with van der Waals surface area (Å²) in [5, 5.41) is 12.0. The largest absolute Gasteiger partial charge is 0.480 e. The van der Waals surface area contributed by atoms with E-state index in [0.717, 1.165) is 13.0 Å². The number of likely N-dealkylation sites (N-methyl/N-ethyl adjacent to an activating group) is 1. The molecule has 1 fully saturated rings. The predicted molar refractivity (Wildman–Crippen MR) is 46.1 cm³/mol. The Morgan fingerprint density at radius 3 is 2.83 bits per heavy atom. The fourth-order valence-corrected chi connectivity index (χ4v) is 1.63. The second kappa shape index (κ2) is 3.87. The van der Waals surface area contributed by atoms with Gasteiger partial charge in [0.05, 0.1) is 0 Å². The Morgan fingerprint density at radius 2 is 2.33 bits per heavy atom. The SMILES string of the molecule is CNC1CCN(C)C(C(=O)O)C1. The van der Waals surface area contributed by atoms with Gasteiger partial charge in [-0.25, -0.2) is 0 Å². The number of rotatable bonds is 2. The van der Waals surface area contributed by atoms with Crippen molar-refractivity contribution < 1.29 is 9.90 Å². The number of carboxylic acid groups (broad SMARTS) is 1. The molecule has 0 aromatic carbocycles. The summed E-state index contributed by atoms with van der Waals surface area (Å²) >= 11 is 0. The van der Waals surface area contributed by atoms with Gasteiger partial charge in [0.15, 0.2) is 0 Å². The van der Waals surface area contributed by atoms with E-state index in [1.165, 1.54) is 0 Å². The van der Waals surface area contributed by atoms with E-state index >= 15 is 0 Å². The molecule has 1 saturated heterocycles. The average Bonchev–Trinajstić information content (AvgIpc) is 2.05. The van der Waals surface area contributed by atoms with Gasteiger partial charge in [-0.05, 0) is 26.9 Å². The van der Waals surface area contributed by atoms with Crippen LogP contribution in [-0.2, 0) is 4.79 Å². The number of carbonyl (C=O) groups is 1. The highest BCUT2D eigenvalue weighted by Crippen LogP contribution is 2.15. The maximum absolute atomic E-state index is 10.8. The van der Waals surface area contributed by atoms with Gasteiger partial charge in [0, 0.05) is 12.6 Å². The lowest BCUT2D eigenvalue weighted by molar-refractivity contribution is -0.144. The highest BCUT2D eigenvalue weighted by molar-refractivity contribution is 5.73. The van der Waals surface area contributed by atoms with Crippen molar-refractivity contribution in [1.29, 1.82) is 0 Å². The van der Waals surface area contributed by atoms with E-state index in [1.807, 2.05) is 19.0 Å². The van der Waals surface area contributed by atoms with Gasteiger partial charge in [-0.2, -0.15) is 0 Å². The van der Waals surface area contributed by atoms with E-state index in [0.29, 0.717) is 12.5 Å². The molecule has 0 bridgehead atoms. The van der Waals surface area contributed by atoms with Crippen molar-refractivity contribution in [3.8, 4) is 0 Å². The molecule has 4 nitrogen and oxygen atoms in total. The van der Waals surface area contributed by atoms with Gasteiger partial charge in [-0.3, -0.25) is 9.69 Å². The molecule has 0 aromatic rings. The number of piperidine rings is 1. The van der Waals surface area contributed by atoms with Crippen molar-refractivity contribution in [2.24, 2.45) is 0 Å². The molecular weight excluding hydrogens is 156 g/mol. The number of likely N-dealkylation sites (tertiary alicyclic amines) is 1. The van der Waals surface area contributed by atoms with E-state index in [1.54, 1.807) is 0 Å². The monoisotopic (exact) mass is 172 g/mol. The summed E-state index contributed by atoms with van der Waals surface area (Å²) in [6.07, 6.45) is 1.75. The van der Waals surface area contributed by atoms with Gasteiger partial charge in [-0.1, -0.05) is 0 Å². The molecule has 70 valence electrons. The second-order valence-electron chi connectivity index (χ2n) is 3.34. The molecule has 0 aliphatic carbocycles.